The van der Waals surface area contributed by atoms with Gasteiger partial charge in [-0.25, -0.2) is 0 Å². The summed E-state index contributed by atoms with van der Waals surface area (Å²) in [7, 11) is 2.97. The standard InChI is InChI=1S/C22H24INO7/c1-30-13-14(10-20(26)15-6-8-17(9-7-15)24(28)29)4-3-5-19(25)16-11-18(23)22(27)21(12-16)31-2/h3,6-9,11-12,19-20,25-27H,5,10,13H2,1-2H3/t4?,19-,20-/m1/s1. The molecular weight excluding hydrogens is 517 g/mol. The summed E-state index contributed by atoms with van der Waals surface area (Å²) in [6.45, 7) is 0.238. The lowest BCUT2D eigenvalue weighted by Gasteiger charge is -2.13. The van der Waals surface area contributed by atoms with Gasteiger partial charge in [-0.1, -0.05) is 0 Å². The van der Waals surface area contributed by atoms with Crippen molar-refractivity contribution >= 4 is 28.3 Å². The molecule has 2 atom stereocenters. The number of nitrogens with zero attached hydrogens (tertiary/aromatic N) is 1. The molecule has 0 aliphatic rings. The van der Waals surface area contributed by atoms with Gasteiger partial charge in [-0.3, -0.25) is 10.1 Å². The third-order valence-corrected chi connectivity index (χ3v) is 5.37. The highest BCUT2D eigenvalue weighted by molar-refractivity contribution is 14.1. The van der Waals surface area contributed by atoms with Crippen molar-refractivity contribution < 1.29 is 29.7 Å². The van der Waals surface area contributed by atoms with Crippen LogP contribution in [0.3, 0.4) is 0 Å². The van der Waals surface area contributed by atoms with Crippen molar-refractivity contribution in [2.45, 2.75) is 25.0 Å². The van der Waals surface area contributed by atoms with Crippen molar-refractivity contribution in [2.24, 2.45) is 0 Å². The summed E-state index contributed by atoms with van der Waals surface area (Å²) >= 11 is 1.96. The average molecular weight is 541 g/mol. The highest BCUT2D eigenvalue weighted by atomic mass is 127. The minimum absolute atomic E-state index is 0.0251. The second-order valence-corrected chi connectivity index (χ2v) is 7.92. The van der Waals surface area contributed by atoms with Gasteiger partial charge < -0.3 is 24.8 Å². The van der Waals surface area contributed by atoms with Crippen LogP contribution in [-0.4, -0.2) is 41.1 Å². The predicted molar refractivity (Wildman–Crippen MR) is 123 cm³/mol. The van der Waals surface area contributed by atoms with Crippen molar-refractivity contribution in [3.05, 3.63) is 78.6 Å². The first kappa shape index (κ1) is 24.8. The van der Waals surface area contributed by atoms with Gasteiger partial charge in [-0.2, -0.15) is 0 Å². The third-order valence-electron chi connectivity index (χ3n) is 4.55. The second kappa shape index (κ2) is 11.8. The first-order valence-electron chi connectivity index (χ1n) is 9.35. The van der Waals surface area contributed by atoms with Crippen LogP contribution < -0.4 is 4.74 Å². The van der Waals surface area contributed by atoms with E-state index in [0.29, 0.717) is 20.3 Å². The van der Waals surface area contributed by atoms with E-state index in [0.717, 1.165) is 0 Å². The predicted octanol–water partition coefficient (Wildman–Crippen LogP) is 4.19. The maximum atomic E-state index is 10.8. The molecule has 0 unspecified atom stereocenters. The Morgan fingerprint density at radius 1 is 1.19 bits per heavy atom. The van der Waals surface area contributed by atoms with Crippen LogP contribution in [0.4, 0.5) is 5.69 Å². The molecule has 166 valence electrons. The smallest absolute Gasteiger partial charge is 0.269 e. The Kier molecular flexibility index (Phi) is 9.47. The van der Waals surface area contributed by atoms with Crippen LogP contribution in [0, 0.1) is 13.7 Å². The fourth-order valence-electron chi connectivity index (χ4n) is 2.90. The van der Waals surface area contributed by atoms with Crippen LogP contribution in [0.2, 0.25) is 0 Å². The molecule has 0 saturated carbocycles. The number of benzene rings is 2. The van der Waals surface area contributed by atoms with Crippen molar-refractivity contribution in [2.75, 3.05) is 20.8 Å². The molecule has 0 fully saturated rings. The first-order chi connectivity index (χ1) is 14.8. The summed E-state index contributed by atoms with van der Waals surface area (Å²) < 4.78 is 10.9. The van der Waals surface area contributed by atoms with Crippen molar-refractivity contribution in [3.8, 4) is 11.5 Å². The number of ether oxygens (including phenoxy) is 2. The summed E-state index contributed by atoms with van der Waals surface area (Å²) in [6, 6.07) is 8.97. The molecule has 0 spiro atoms. The Morgan fingerprint density at radius 3 is 2.45 bits per heavy atom. The van der Waals surface area contributed by atoms with Gasteiger partial charge in [0.1, 0.15) is 0 Å². The number of phenols is 1. The highest BCUT2D eigenvalue weighted by Crippen LogP contribution is 2.35. The largest absolute Gasteiger partial charge is 0.504 e. The van der Waals surface area contributed by atoms with Gasteiger partial charge in [0.15, 0.2) is 11.5 Å². The zero-order chi connectivity index (χ0) is 23.0. The molecule has 3 N–H and O–H groups in total. The molecule has 0 heterocycles. The summed E-state index contributed by atoms with van der Waals surface area (Å²) in [5.74, 6) is 0.309. The number of methoxy groups -OCH3 is 2. The van der Waals surface area contributed by atoms with E-state index in [2.05, 4.69) is 5.73 Å². The van der Waals surface area contributed by atoms with Crippen molar-refractivity contribution in [1.29, 1.82) is 0 Å². The SMILES string of the molecule is COCC(=C=CC[C@@H](O)c1cc(I)c(O)c(OC)c1)C[C@@H](O)c1ccc([N+](=O)[O-])cc1. The number of aromatic hydroxyl groups is 1. The van der Waals surface area contributed by atoms with Crippen LogP contribution in [0.1, 0.15) is 36.2 Å². The Bertz CT molecular complexity index is 969. The third kappa shape index (κ3) is 7.05. The maximum absolute atomic E-state index is 10.8. The number of halogens is 1. The summed E-state index contributed by atoms with van der Waals surface area (Å²) in [5.41, 5.74) is 4.84. The Labute approximate surface area is 193 Å². The molecule has 0 bridgehead atoms. The molecular formula is C22H24INO7. The van der Waals surface area contributed by atoms with E-state index in [4.69, 9.17) is 9.47 Å². The van der Waals surface area contributed by atoms with Crippen LogP contribution >= 0.6 is 22.6 Å². The molecule has 0 aromatic heterocycles. The monoisotopic (exact) mass is 541 g/mol. The normalized spacial score (nSPS) is 12.5. The van der Waals surface area contributed by atoms with Crippen LogP contribution in [0.15, 0.2) is 53.8 Å². The lowest BCUT2D eigenvalue weighted by atomic mass is 10.0. The van der Waals surface area contributed by atoms with E-state index in [1.807, 2.05) is 22.6 Å². The number of rotatable bonds is 10. The topological polar surface area (TPSA) is 122 Å². The van der Waals surface area contributed by atoms with E-state index in [9.17, 15) is 25.4 Å². The molecule has 2 aromatic rings. The van der Waals surface area contributed by atoms with Gasteiger partial charge in [-0.05, 0) is 69.6 Å². The molecule has 0 saturated heterocycles. The van der Waals surface area contributed by atoms with E-state index >= 15 is 0 Å². The van der Waals surface area contributed by atoms with Gasteiger partial charge in [0.25, 0.3) is 5.69 Å². The first-order valence-corrected chi connectivity index (χ1v) is 10.4. The minimum atomic E-state index is -0.875. The number of phenolic OH excluding ortho intramolecular Hbond substituents is 1. The molecule has 0 aliphatic carbocycles. The summed E-state index contributed by atoms with van der Waals surface area (Å²) in [5, 5.41) is 41.6. The summed E-state index contributed by atoms with van der Waals surface area (Å²) in [4.78, 5) is 10.3. The fourth-order valence-corrected chi connectivity index (χ4v) is 3.52. The number of hydrogen-bond donors (Lipinski definition) is 3. The minimum Gasteiger partial charge on any atom is -0.504 e. The zero-order valence-corrected chi connectivity index (χ0v) is 19.3. The maximum Gasteiger partial charge on any atom is 0.269 e. The number of non-ortho nitro benzene ring substituents is 1. The zero-order valence-electron chi connectivity index (χ0n) is 17.1. The van der Waals surface area contributed by atoms with Gasteiger partial charge >= 0.3 is 0 Å². The molecule has 0 amide bonds. The Balaban J connectivity index is 2.12. The van der Waals surface area contributed by atoms with Crippen LogP contribution in [0.5, 0.6) is 11.5 Å². The Hall–Kier alpha value is -2.43. The Morgan fingerprint density at radius 2 is 1.87 bits per heavy atom. The number of nitro groups is 1. The van der Waals surface area contributed by atoms with Crippen molar-refractivity contribution in [3.63, 3.8) is 0 Å². The molecule has 2 aromatic carbocycles. The lowest BCUT2D eigenvalue weighted by molar-refractivity contribution is -0.384. The average Bonchev–Trinajstić information content (AvgIpc) is 2.75. The van der Waals surface area contributed by atoms with Gasteiger partial charge in [-0.15, -0.1) is 5.73 Å². The van der Waals surface area contributed by atoms with E-state index in [1.165, 1.54) is 38.5 Å². The highest BCUT2D eigenvalue weighted by Gasteiger charge is 2.15. The van der Waals surface area contributed by atoms with Crippen molar-refractivity contribution in [1.82, 2.24) is 0 Å². The number of nitro benzene ring substituents is 1. The number of aliphatic hydroxyl groups is 2. The fraction of sp³-hybridized carbons (Fsp3) is 0.318. The van der Waals surface area contributed by atoms with Crippen LogP contribution in [0.25, 0.3) is 0 Å². The molecule has 31 heavy (non-hydrogen) atoms. The molecule has 0 aliphatic heterocycles. The van der Waals surface area contributed by atoms with Crippen LogP contribution in [-0.2, 0) is 4.74 Å². The number of hydrogen-bond acceptors (Lipinski definition) is 7. The summed E-state index contributed by atoms with van der Waals surface area (Å²) in [6.07, 6.45) is 0.431. The molecule has 8 nitrogen and oxygen atoms in total. The van der Waals surface area contributed by atoms with E-state index in [-0.39, 0.29) is 36.6 Å². The molecule has 0 radical (unpaired) electrons. The van der Waals surface area contributed by atoms with Gasteiger partial charge in [0, 0.05) is 32.1 Å². The molecule has 2 rings (SSSR count). The quantitative estimate of drug-likeness (QED) is 0.179. The van der Waals surface area contributed by atoms with Gasteiger partial charge in [0.05, 0.1) is 34.4 Å². The number of aliphatic hydroxyl groups excluding tert-OH is 2. The van der Waals surface area contributed by atoms with E-state index in [1.54, 1.807) is 18.2 Å². The lowest BCUT2D eigenvalue weighted by Crippen LogP contribution is -2.03. The second-order valence-electron chi connectivity index (χ2n) is 6.76. The van der Waals surface area contributed by atoms with E-state index < -0.39 is 17.1 Å². The van der Waals surface area contributed by atoms with Gasteiger partial charge in [0.2, 0.25) is 0 Å². The molecule has 9 heteroatoms.